The molecule has 6 heteroatoms. The van der Waals surface area contributed by atoms with Gasteiger partial charge in [-0.1, -0.05) is 87.3 Å². The second kappa shape index (κ2) is 9.52. The normalized spacial score (nSPS) is 19.0. The van der Waals surface area contributed by atoms with Crippen molar-refractivity contribution in [2.45, 2.75) is 45.4 Å². The minimum Gasteiger partial charge on any atom is -0.304 e. The van der Waals surface area contributed by atoms with Crippen LogP contribution in [-0.2, 0) is 9.59 Å². The van der Waals surface area contributed by atoms with Crippen molar-refractivity contribution in [3.8, 4) is 0 Å². The van der Waals surface area contributed by atoms with Gasteiger partial charge in [0.1, 0.15) is 4.32 Å². The Morgan fingerprint density at radius 1 is 1.04 bits per heavy atom. The van der Waals surface area contributed by atoms with Gasteiger partial charge >= 0.3 is 0 Å². The van der Waals surface area contributed by atoms with E-state index in [0.29, 0.717) is 27.9 Å². The largest absolute Gasteiger partial charge is 0.304 e. The van der Waals surface area contributed by atoms with E-state index in [1.165, 1.54) is 37.4 Å². The fourth-order valence-corrected chi connectivity index (χ4v) is 4.98. The molecule has 2 amide bonds. The van der Waals surface area contributed by atoms with E-state index in [1.807, 2.05) is 24.3 Å². The Kier molecular flexibility index (Phi) is 7.08. The number of amides is 2. The second-order valence-corrected chi connectivity index (χ2v) is 8.66. The number of para-hydroxylation sites is 1. The number of hydrogen-bond donors (Lipinski definition) is 0. The average Bonchev–Trinajstić information content (AvgIpc) is 3.12. The summed E-state index contributed by atoms with van der Waals surface area (Å²) in [6.45, 7) is 6.98. The summed E-state index contributed by atoms with van der Waals surface area (Å²) in [5, 5.41) is 0. The molecule has 0 aromatic heterocycles. The van der Waals surface area contributed by atoms with Gasteiger partial charge in [-0.2, -0.15) is 0 Å². The summed E-state index contributed by atoms with van der Waals surface area (Å²) >= 11 is 6.71. The molecule has 2 heterocycles. The van der Waals surface area contributed by atoms with Crippen LogP contribution in [0.25, 0.3) is 5.57 Å². The minimum atomic E-state index is -0.152. The average molecular weight is 415 g/mol. The van der Waals surface area contributed by atoms with Crippen molar-refractivity contribution >= 4 is 51.4 Å². The molecule has 0 aliphatic carbocycles. The zero-order valence-electron chi connectivity index (χ0n) is 16.3. The lowest BCUT2D eigenvalue weighted by molar-refractivity contribution is -0.122. The smallest absolute Gasteiger partial charge is 0.267 e. The molecule has 2 aliphatic heterocycles. The fourth-order valence-electron chi connectivity index (χ4n) is 3.60. The number of fused-ring (bicyclic) bond motifs is 1. The van der Waals surface area contributed by atoms with Crippen LogP contribution in [0.3, 0.4) is 0 Å². The maximum atomic E-state index is 13.1. The van der Waals surface area contributed by atoms with Gasteiger partial charge in [-0.15, -0.1) is 6.58 Å². The number of nitrogens with zero attached hydrogens (tertiary/aromatic N) is 2. The van der Waals surface area contributed by atoms with Gasteiger partial charge in [0.15, 0.2) is 0 Å². The van der Waals surface area contributed by atoms with Crippen LogP contribution in [0.15, 0.2) is 41.8 Å². The number of rotatable bonds is 9. The molecule has 0 saturated carbocycles. The zero-order chi connectivity index (χ0) is 20.1. The molecule has 28 heavy (non-hydrogen) atoms. The Morgan fingerprint density at radius 2 is 1.75 bits per heavy atom. The summed E-state index contributed by atoms with van der Waals surface area (Å²) in [5.74, 6) is -0.289. The first-order chi connectivity index (χ1) is 13.6. The summed E-state index contributed by atoms with van der Waals surface area (Å²) in [5.41, 5.74) is 2.10. The Labute approximate surface area is 176 Å². The standard InChI is InChI=1S/C22H26N2O2S2/c1-3-5-6-7-8-11-15-24-21(26)19(28-22(24)27)18-16-12-9-10-13-17(16)23(14-4-2)20(18)25/h4,9-10,12-13H,2-3,5-8,11,14-15H2,1H3/b19-18+. The lowest BCUT2D eigenvalue weighted by Crippen LogP contribution is -2.30. The monoisotopic (exact) mass is 414 g/mol. The van der Waals surface area contributed by atoms with E-state index in [4.69, 9.17) is 12.2 Å². The quantitative estimate of drug-likeness (QED) is 0.242. The Balaban J connectivity index is 1.79. The molecule has 1 fully saturated rings. The molecular weight excluding hydrogens is 388 g/mol. The van der Waals surface area contributed by atoms with Crippen molar-refractivity contribution in [1.29, 1.82) is 0 Å². The number of thioether (sulfide) groups is 1. The van der Waals surface area contributed by atoms with E-state index < -0.39 is 0 Å². The van der Waals surface area contributed by atoms with E-state index in [0.717, 1.165) is 24.1 Å². The number of unbranched alkanes of at least 4 members (excludes halogenated alkanes) is 5. The van der Waals surface area contributed by atoms with Crippen LogP contribution in [-0.4, -0.2) is 34.1 Å². The first-order valence-corrected chi connectivity index (χ1v) is 11.1. The zero-order valence-corrected chi connectivity index (χ0v) is 17.9. The lowest BCUT2D eigenvalue weighted by atomic mass is 10.1. The molecule has 0 radical (unpaired) electrons. The maximum Gasteiger partial charge on any atom is 0.267 e. The van der Waals surface area contributed by atoms with E-state index in [-0.39, 0.29) is 11.8 Å². The van der Waals surface area contributed by atoms with E-state index in [1.54, 1.807) is 15.9 Å². The molecule has 1 saturated heterocycles. The Bertz CT molecular complexity index is 832. The van der Waals surface area contributed by atoms with Gasteiger partial charge in [0, 0.05) is 18.7 Å². The molecule has 0 N–H and O–H groups in total. The summed E-state index contributed by atoms with van der Waals surface area (Å²) in [6.07, 6.45) is 8.64. The van der Waals surface area contributed by atoms with Crippen molar-refractivity contribution in [2.75, 3.05) is 18.0 Å². The van der Waals surface area contributed by atoms with Crippen molar-refractivity contribution in [3.63, 3.8) is 0 Å². The molecule has 1 aromatic rings. The summed E-state index contributed by atoms with van der Waals surface area (Å²) in [4.78, 5) is 29.9. The predicted molar refractivity (Wildman–Crippen MR) is 121 cm³/mol. The molecule has 0 spiro atoms. The van der Waals surface area contributed by atoms with Gasteiger partial charge in [-0.05, 0) is 12.5 Å². The highest BCUT2D eigenvalue weighted by Crippen LogP contribution is 2.44. The molecule has 148 valence electrons. The Morgan fingerprint density at radius 3 is 2.50 bits per heavy atom. The van der Waals surface area contributed by atoms with Crippen LogP contribution in [0.1, 0.15) is 51.0 Å². The second-order valence-electron chi connectivity index (χ2n) is 7.02. The molecule has 2 aliphatic rings. The third kappa shape index (κ3) is 4.08. The predicted octanol–water partition coefficient (Wildman–Crippen LogP) is 5.15. The molecule has 1 aromatic carbocycles. The van der Waals surface area contributed by atoms with Gasteiger partial charge in [-0.25, -0.2) is 0 Å². The Hall–Kier alpha value is -1.92. The fraction of sp³-hybridized carbons (Fsp3) is 0.409. The maximum absolute atomic E-state index is 13.1. The van der Waals surface area contributed by atoms with Gasteiger partial charge < -0.3 is 4.90 Å². The topological polar surface area (TPSA) is 40.6 Å². The minimum absolute atomic E-state index is 0.137. The van der Waals surface area contributed by atoms with Gasteiger partial charge in [-0.3, -0.25) is 14.5 Å². The number of benzene rings is 1. The summed E-state index contributed by atoms with van der Waals surface area (Å²) < 4.78 is 0.550. The number of carbonyl (C=O) groups is 2. The molecule has 3 rings (SSSR count). The van der Waals surface area contributed by atoms with Gasteiger partial charge in [0.05, 0.1) is 16.2 Å². The number of carbonyl (C=O) groups excluding carboxylic acids is 2. The first-order valence-electron chi connectivity index (χ1n) is 9.90. The highest BCUT2D eigenvalue weighted by Gasteiger charge is 2.41. The summed E-state index contributed by atoms with van der Waals surface area (Å²) in [7, 11) is 0. The molecule has 0 atom stereocenters. The van der Waals surface area contributed by atoms with E-state index in [9.17, 15) is 9.59 Å². The third-order valence-electron chi connectivity index (χ3n) is 5.05. The van der Waals surface area contributed by atoms with Gasteiger partial charge in [0.25, 0.3) is 11.8 Å². The van der Waals surface area contributed by atoms with Crippen LogP contribution >= 0.6 is 24.0 Å². The SMILES string of the molecule is C=CCN1C(=O)/C(=C2/SC(=S)N(CCCCCCCC)C2=O)c2ccccc21. The third-order valence-corrected chi connectivity index (χ3v) is 6.49. The highest BCUT2D eigenvalue weighted by molar-refractivity contribution is 8.26. The molecule has 0 unspecified atom stereocenters. The molecule has 0 bridgehead atoms. The van der Waals surface area contributed by atoms with Crippen LogP contribution < -0.4 is 4.90 Å². The van der Waals surface area contributed by atoms with Crippen LogP contribution in [0.5, 0.6) is 0 Å². The number of thiocarbonyl (C=S) groups is 1. The number of anilines is 1. The first kappa shape index (κ1) is 20.8. The van der Waals surface area contributed by atoms with Crippen molar-refractivity contribution < 1.29 is 9.59 Å². The highest BCUT2D eigenvalue weighted by atomic mass is 32.2. The number of hydrogen-bond acceptors (Lipinski definition) is 4. The van der Waals surface area contributed by atoms with Crippen LogP contribution in [0, 0.1) is 0 Å². The van der Waals surface area contributed by atoms with Crippen LogP contribution in [0.2, 0.25) is 0 Å². The van der Waals surface area contributed by atoms with Crippen LogP contribution in [0.4, 0.5) is 5.69 Å². The van der Waals surface area contributed by atoms with Crippen molar-refractivity contribution in [1.82, 2.24) is 4.90 Å². The van der Waals surface area contributed by atoms with E-state index >= 15 is 0 Å². The summed E-state index contributed by atoms with van der Waals surface area (Å²) in [6, 6.07) is 7.59. The van der Waals surface area contributed by atoms with Crippen molar-refractivity contribution in [2.24, 2.45) is 0 Å². The van der Waals surface area contributed by atoms with E-state index in [2.05, 4.69) is 13.5 Å². The molecule has 4 nitrogen and oxygen atoms in total. The molecular formula is C22H26N2O2S2. The lowest BCUT2D eigenvalue weighted by Gasteiger charge is -2.14. The van der Waals surface area contributed by atoms with Gasteiger partial charge in [0.2, 0.25) is 0 Å². The van der Waals surface area contributed by atoms with Crippen molar-refractivity contribution in [3.05, 3.63) is 47.4 Å².